The van der Waals surface area contributed by atoms with Crippen LogP contribution in [0.3, 0.4) is 0 Å². The summed E-state index contributed by atoms with van der Waals surface area (Å²) in [5, 5.41) is 2.69. The van der Waals surface area contributed by atoms with Gasteiger partial charge in [0.15, 0.2) is 6.61 Å². The van der Waals surface area contributed by atoms with Gasteiger partial charge < -0.3 is 10.1 Å². The summed E-state index contributed by atoms with van der Waals surface area (Å²) in [5.74, 6) is -1.34. The van der Waals surface area contributed by atoms with Crippen LogP contribution in [0.5, 0.6) is 0 Å². The highest BCUT2D eigenvalue weighted by molar-refractivity contribution is 9.10. The predicted molar refractivity (Wildman–Crippen MR) is 125 cm³/mol. The van der Waals surface area contributed by atoms with Crippen molar-refractivity contribution in [3.05, 3.63) is 58.1 Å². The zero-order valence-corrected chi connectivity index (χ0v) is 19.6. The topological polar surface area (TPSA) is 92.8 Å². The fraction of sp³-hybridized carbons (Fsp3) is 0.360. The zero-order valence-electron chi connectivity index (χ0n) is 18.0. The largest absolute Gasteiger partial charge is 0.452 e. The average molecular weight is 511 g/mol. The summed E-state index contributed by atoms with van der Waals surface area (Å²) in [6, 6.07) is 11.7. The van der Waals surface area contributed by atoms with Crippen LogP contribution in [-0.2, 0) is 19.1 Å². The lowest BCUT2D eigenvalue weighted by Crippen LogP contribution is -2.32. The highest BCUT2D eigenvalue weighted by Crippen LogP contribution is 2.56. The lowest BCUT2D eigenvalue weighted by molar-refractivity contribution is -0.123. The molecule has 8 heteroatoms. The van der Waals surface area contributed by atoms with E-state index in [-0.39, 0.29) is 29.2 Å². The Kier molecular flexibility index (Phi) is 5.56. The van der Waals surface area contributed by atoms with Crippen molar-refractivity contribution in [2.45, 2.75) is 26.2 Å². The first-order valence-corrected chi connectivity index (χ1v) is 11.8. The molecule has 2 aromatic carbocycles. The maximum Gasteiger partial charge on any atom is 0.338 e. The Morgan fingerprint density at radius 3 is 2.42 bits per heavy atom. The van der Waals surface area contributed by atoms with Gasteiger partial charge in [-0.1, -0.05) is 22.0 Å². The number of amides is 3. The van der Waals surface area contributed by atoms with E-state index >= 15 is 0 Å². The number of nitrogens with zero attached hydrogens (tertiary/aromatic N) is 1. The summed E-state index contributed by atoms with van der Waals surface area (Å²) < 4.78 is 6.09. The number of benzene rings is 2. The van der Waals surface area contributed by atoms with Gasteiger partial charge in [-0.15, -0.1) is 0 Å². The summed E-state index contributed by atoms with van der Waals surface area (Å²) in [7, 11) is 0. The smallest absolute Gasteiger partial charge is 0.338 e. The molecule has 1 N–H and O–H groups in total. The molecular weight excluding hydrogens is 488 g/mol. The van der Waals surface area contributed by atoms with Gasteiger partial charge in [0, 0.05) is 10.2 Å². The number of aryl methyl sites for hydroxylation is 1. The van der Waals surface area contributed by atoms with Gasteiger partial charge in [-0.25, -0.2) is 4.79 Å². The second-order valence-electron chi connectivity index (χ2n) is 9.04. The van der Waals surface area contributed by atoms with Gasteiger partial charge in [0.25, 0.3) is 5.91 Å². The van der Waals surface area contributed by atoms with Gasteiger partial charge in [-0.3, -0.25) is 19.3 Å². The number of halogens is 1. The lowest BCUT2D eigenvalue weighted by atomic mass is 9.81. The third kappa shape index (κ3) is 3.86. The molecule has 0 spiro atoms. The van der Waals surface area contributed by atoms with Crippen LogP contribution < -0.4 is 10.2 Å². The molecule has 4 atom stereocenters. The number of nitrogens with one attached hydrogen (secondary N) is 1. The van der Waals surface area contributed by atoms with E-state index in [1.54, 1.807) is 24.3 Å². The minimum atomic E-state index is -0.696. The molecule has 2 bridgehead atoms. The van der Waals surface area contributed by atoms with E-state index in [1.165, 1.54) is 17.0 Å². The Balaban J connectivity index is 1.24. The maximum absolute atomic E-state index is 13.0. The van der Waals surface area contributed by atoms with E-state index in [0.29, 0.717) is 23.2 Å². The molecule has 3 amide bonds. The number of esters is 1. The van der Waals surface area contributed by atoms with Crippen molar-refractivity contribution in [2.75, 3.05) is 16.8 Å². The normalized spacial score (nSPS) is 25.3. The van der Waals surface area contributed by atoms with Crippen molar-refractivity contribution in [1.29, 1.82) is 0 Å². The molecule has 1 saturated heterocycles. The number of imide groups is 1. The molecule has 2 saturated carbocycles. The standard InChI is InChI=1S/C25H23BrN2O5/c1-13-9-17(7-8-19(13)26)27-20(29)12-33-25(32)16-3-2-4-18(11-16)28-23(30)21-14-5-6-15(10-14)22(21)24(28)31/h2-4,7-9,11,14-15,21-22H,5-6,10,12H2,1H3,(H,27,29)/t14-,15-,21+,22+/m0/s1. The molecule has 0 radical (unpaired) electrons. The molecule has 33 heavy (non-hydrogen) atoms. The van der Waals surface area contributed by atoms with Crippen molar-refractivity contribution < 1.29 is 23.9 Å². The summed E-state index contributed by atoms with van der Waals surface area (Å²) in [5.41, 5.74) is 2.12. The molecule has 0 unspecified atom stereocenters. The zero-order chi connectivity index (χ0) is 23.3. The molecule has 2 aliphatic carbocycles. The molecule has 3 fully saturated rings. The number of hydrogen-bond acceptors (Lipinski definition) is 5. The molecule has 1 aliphatic heterocycles. The first-order valence-electron chi connectivity index (χ1n) is 11.0. The number of carbonyl (C=O) groups is 4. The monoisotopic (exact) mass is 510 g/mol. The molecule has 7 nitrogen and oxygen atoms in total. The summed E-state index contributed by atoms with van der Waals surface area (Å²) in [6.45, 7) is 1.45. The van der Waals surface area contributed by atoms with E-state index in [9.17, 15) is 19.2 Å². The maximum atomic E-state index is 13.0. The van der Waals surface area contributed by atoms with Crippen LogP contribution in [0.2, 0.25) is 0 Å². The van der Waals surface area contributed by atoms with Gasteiger partial charge >= 0.3 is 5.97 Å². The first-order chi connectivity index (χ1) is 15.8. The van der Waals surface area contributed by atoms with E-state index in [0.717, 1.165) is 29.3 Å². The quantitative estimate of drug-likeness (QED) is 0.483. The first kappa shape index (κ1) is 21.8. The lowest BCUT2D eigenvalue weighted by Gasteiger charge is -2.19. The minimum absolute atomic E-state index is 0.160. The Labute approximate surface area is 199 Å². The number of hydrogen-bond donors (Lipinski definition) is 1. The summed E-state index contributed by atoms with van der Waals surface area (Å²) in [4.78, 5) is 52.0. The van der Waals surface area contributed by atoms with Crippen LogP contribution >= 0.6 is 15.9 Å². The minimum Gasteiger partial charge on any atom is -0.452 e. The van der Waals surface area contributed by atoms with Crippen molar-refractivity contribution in [2.24, 2.45) is 23.7 Å². The summed E-state index contributed by atoms with van der Waals surface area (Å²) >= 11 is 3.40. The number of carbonyl (C=O) groups excluding carboxylic acids is 4. The Morgan fingerprint density at radius 2 is 1.76 bits per heavy atom. The highest BCUT2D eigenvalue weighted by Gasteiger charge is 2.61. The van der Waals surface area contributed by atoms with Crippen LogP contribution in [0.4, 0.5) is 11.4 Å². The van der Waals surface area contributed by atoms with E-state index in [2.05, 4.69) is 21.2 Å². The van der Waals surface area contributed by atoms with Crippen LogP contribution in [0.25, 0.3) is 0 Å². The molecule has 3 aliphatic rings. The van der Waals surface area contributed by atoms with Gasteiger partial charge in [-0.05, 0) is 80.0 Å². The van der Waals surface area contributed by atoms with Crippen LogP contribution in [0, 0.1) is 30.6 Å². The van der Waals surface area contributed by atoms with E-state index in [1.807, 2.05) is 13.0 Å². The fourth-order valence-corrected chi connectivity index (χ4v) is 5.82. The van der Waals surface area contributed by atoms with Gasteiger partial charge in [0.05, 0.1) is 23.1 Å². The number of ether oxygens (including phenoxy) is 1. The number of rotatable bonds is 5. The van der Waals surface area contributed by atoms with Gasteiger partial charge in [0.1, 0.15) is 0 Å². The Bertz CT molecular complexity index is 1150. The van der Waals surface area contributed by atoms with Crippen molar-refractivity contribution in [1.82, 2.24) is 0 Å². The average Bonchev–Trinajstić information content (AvgIpc) is 3.48. The Morgan fingerprint density at radius 1 is 1.06 bits per heavy atom. The highest BCUT2D eigenvalue weighted by atomic mass is 79.9. The fourth-order valence-electron chi connectivity index (χ4n) is 5.57. The SMILES string of the molecule is Cc1cc(NC(=O)COC(=O)c2cccc(N3C(=O)[C@@H]4[C@H]5CC[C@@H](C5)[C@H]4C3=O)c2)ccc1Br. The molecular formula is C25H23BrN2O5. The van der Waals surface area contributed by atoms with Gasteiger partial charge in [0.2, 0.25) is 11.8 Å². The van der Waals surface area contributed by atoms with Crippen LogP contribution in [0.15, 0.2) is 46.9 Å². The molecule has 170 valence electrons. The predicted octanol–water partition coefficient (Wildman–Crippen LogP) is 4.09. The van der Waals surface area contributed by atoms with Crippen molar-refractivity contribution >= 4 is 51.0 Å². The third-order valence-corrected chi connectivity index (χ3v) is 7.93. The molecule has 1 heterocycles. The van der Waals surface area contributed by atoms with Crippen molar-refractivity contribution in [3.63, 3.8) is 0 Å². The second kappa shape index (κ2) is 8.41. The number of fused-ring (bicyclic) bond motifs is 5. The van der Waals surface area contributed by atoms with E-state index in [4.69, 9.17) is 4.74 Å². The third-order valence-electron chi connectivity index (χ3n) is 7.04. The van der Waals surface area contributed by atoms with Gasteiger partial charge in [-0.2, -0.15) is 0 Å². The van der Waals surface area contributed by atoms with E-state index < -0.39 is 18.5 Å². The van der Waals surface area contributed by atoms with Crippen molar-refractivity contribution in [3.8, 4) is 0 Å². The van der Waals surface area contributed by atoms with Crippen LogP contribution in [-0.4, -0.2) is 30.3 Å². The molecule has 0 aromatic heterocycles. The molecule has 2 aromatic rings. The number of anilines is 2. The van der Waals surface area contributed by atoms with Crippen LogP contribution in [0.1, 0.15) is 35.2 Å². The summed E-state index contributed by atoms with van der Waals surface area (Å²) in [6.07, 6.45) is 2.98. The molecule has 5 rings (SSSR count). The second-order valence-corrected chi connectivity index (χ2v) is 9.89. The Hall–Kier alpha value is -3.00.